The van der Waals surface area contributed by atoms with E-state index in [1.165, 1.54) is 17.8 Å². The number of amides is 3. The Morgan fingerprint density at radius 1 is 0.818 bits per heavy atom. The van der Waals surface area contributed by atoms with E-state index in [0.717, 1.165) is 101 Å². The van der Waals surface area contributed by atoms with Crippen LogP contribution in [0.2, 0.25) is 0 Å². The van der Waals surface area contributed by atoms with Crippen molar-refractivity contribution in [2.45, 2.75) is 50.2 Å². The monoisotopic (exact) mass is 754 g/mol. The van der Waals surface area contributed by atoms with Crippen molar-refractivity contribution in [1.29, 1.82) is 0 Å². The van der Waals surface area contributed by atoms with E-state index >= 15 is 0 Å². The van der Waals surface area contributed by atoms with Gasteiger partial charge in [0.15, 0.2) is 0 Å². The molecule has 3 unspecified atom stereocenters. The zero-order valence-corrected chi connectivity index (χ0v) is 31.9. The topological polar surface area (TPSA) is 113 Å². The summed E-state index contributed by atoms with van der Waals surface area (Å²) in [6, 6.07) is 27.0. The maximum Gasteiger partial charge on any atom is 0.263 e. The van der Waals surface area contributed by atoms with E-state index in [1.807, 2.05) is 6.92 Å². The predicted molar refractivity (Wildman–Crippen MR) is 219 cm³/mol. The SMILES string of the molecule is C[C@@H]1CNc2c(sc3ccc4nc(-c5ccc(N6CC7CC(C6)N7CCN6CCN(c7ccc(C8CCC(=O)NC8=O)cc7)CC6)cc5)ccc4c23)C(=O)N1. The Morgan fingerprint density at radius 2 is 1.56 bits per heavy atom. The maximum atomic E-state index is 12.8. The van der Waals surface area contributed by atoms with Crippen molar-refractivity contribution in [3.8, 4) is 11.3 Å². The number of pyridine rings is 1. The molecule has 11 rings (SSSR count). The summed E-state index contributed by atoms with van der Waals surface area (Å²) in [6.45, 7) is 11.2. The van der Waals surface area contributed by atoms with Gasteiger partial charge in [-0.15, -0.1) is 11.3 Å². The van der Waals surface area contributed by atoms with Gasteiger partial charge in [0, 0.05) is 116 Å². The van der Waals surface area contributed by atoms with E-state index in [9.17, 15) is 14.4 Å². The standard InChI is InChI=1S/C43H46N8O3S/c1-26-23-44-40-39-34-10-12-35(46-36(34)13-14-37(39)55-41(40)43(54)45-26)28-4-8-30(9-5-28)50-24-31-22-32(25-50)51(31)21-18-48-16-19-49(20-17-48)29-6-2-27(3-7-29)33-11-15-38(52)47-42(33)53/h2-10,12-14,26,31-33,44H,11,15-25H2,1H3,(H,45,54)(H,47,52,53)/t26-,31?,32?,33?/m1/s1. The number of hydrogen-bond acceptors (Lipinski definition) is 10. The molecule has 282 valence electrons. The highest BCUT2D eigenvalue weighted by molar-refractivity contribution is 7.21. The largest absolute Gasteiger partial charge is 0.381 e. The van der Waals surface area contributed by atoms with E-state index in [2.05, 4.69) is 108 Å². The van der Waals surface area contributed by atoms with Crippen LogP contribution in [0.1, 0.15) is 47.3 Å². The minimum Gasteiger partial charge on any atom is -0.381 e. The Hall–Kier alpha value is -5.04. The van der Waals surface area contributed by atoms with Crippen molar-refractivity contribution < 1.29 is 14.4 Å². The number of carbonyl (C=O) groups is 3. The van der Waals surface area contributed by atoms with Crippen LogP contribution in [0.4, 0.5) is 17.1 Å². The molecule has 2 bridgehead atoms. The molecule has 12 heteroatoms. The average Bonchev–Trinajstić information content (AvgIpc) is 3.53. The number of anilines is 3. The molecule has 0 aliphatic carbocycles. The molecule has 6 aliphatic heterocycles. The quantitative estimate of drug-likeness (QED) is 0.192. The van der Waals surface area contributed by atoms with Gasteiger partial charge in [0.25, 0.3) is 5.91 Å². The zero-order chi connectivity index (χ0) is 37.2. The lowest BCUT2D eigenvalue weighted by Gasteiger charge is -2.57. The van der Waals surface area contributed by atoms with Gasteiger partial charge in [0.1, 0.15) is 4.88 Å². The zero-order valence-electron chi connectivity index (χ0n) is 31.1. The molecule has 55 heavy (non-hydrogen) atoms. The average molecular weight is 755 g/mol. The van der Waals surface area contributed by atoms with Crippen LogP contribution in [0.3, 0.4) is 0 Å². The number of rotatable bonds is 7. The van der Waals surface area contributed by atoms with E-state index in [1.54, 1.807) is 11.3 Å². The van der Waals surface area contributed by atoms with Crippen molar-refractivity contribution in [2.24, 2.45) is 0 Å². The van der Waals surface area contributed by atoms with Gasteiger partial charge in [-0.2, -0.15) is 0 Å². The Kier molecular flexibility index (Phi) is 8.72. The van der Waals surface area contributed by atoms with Gasteiger partial charge in [-0.05, 0) is 73.9 Å². The summed E-state index contributed by atoms with van der Waals surface area (Å²) < 4.78 is 1.10. The van der Waals surface area contributed by atoms with Crippen LogP contribution in [0.25, 0.3) is 32.2 Å². The molecule has 3 amide bonds. The summed E-state index contributed by atoms with van der Waals surface area (Å²) in [5.74, 6) is -0.591. The summed E-state index contributed by atoms with van der Waals surface area (Å²) >= 11 is 1.54. The summed E-state index contributed by atoms with van der Waals surface area (Å²) in [6.07, 6.45) is 2.28. The third kappa shape index (κ3) is 6.39. The number of benzene rings is 3. The molecule has 8 heterocycles. The summed E-state index contributed by atoms with van der Waals surface area (Å²) in [5.41, 5.74) is 7.39. The number of fused-ring (bicyclic) bond motifs is 7. The van der Waals surface area contributed by atoms with Crippen LogP contribution >= 0.6 is 11.3 Å². The molecule has 2 aromatic heterocycles. The number of carbonyl (C=O) groups excluding carboxylic acids is 3. The molecule has 3 aromatic carbocycles. The van der Waals surface area contributed by atoms with E-state index in [4.69, 9.17) is 4.98 Å². The van der Waals surface area contributed by atoms with Crippen LogP contribution in [0.5, 0.6) is 0 Å². The van der Waals surface area contributed by atoms with Gasteiger partial charge in [0.2, 0.25) is 11.8 Å². The molecule has 5 saturated heterocycles. The molecule has 0 spiro atoms. The Labute approximate surface area is 324 Å². The van der Waals surface area contributed by atoms with Crippen LogP contribution in [0, 0.1) is 0 Å². The lowest BCUT2D eigenvalue weighted by molar-refractivity contribution is -0.134. The minimum absolute atomic E-state index is 0.00815. The number of piperidine rings is 2. The number of nitrogens with one attached hydrogen (secondary N) is 3. The minimum atomic E-state index is -0.234. The van der Waals surface area contributed by atoms with Gasteiger partial charge < -0.3 is 20.4 Å². The van der Waals surface area contributed by atoms with E-state index < -0.39 is 0 Å². The number of piperazine rings is 2. The smallest absolute Gasteiger partial charge is 0.263 e. The summed E-state index contributed by atoms with van der Waals surface area (Å²) in [4.78, 5) is 52.8. The van der Waals surface area contributed by atoms with Crippen molar-refractivity contribution in [3.05, 3.63) is 83.2 Å². The molecule has 0 radical (unpaired) electrons. The lowest BCUT2D eigenvalue weighted by atomic mass is 9.87. The van der Waals surface area contributed by atoms with Crippen molar-refractivity contribution in [2.75, 3.05) is 74.0 Å². The van der Waals surface area contributed by atoms with Crippen LogP contribution < -0.4 is 25.8 Å². The molecule has 3 N–H and O–H groups in total. The van der Waals surface area contributed by atoms with Gasteiger partial charge >= 0.3 is 0 Å². The number of nitrogens with zero attached hydrogens (tertiary/aromatic N) is 5. The number of hydrogen-bond donors (Lipinski definition) is 3. The highest BCUT2D eigenvalue weighted by Gasteiger charge is 2.44. The molecule has 11 nitrogen and oxygen atoms in total. The van der Waals surface area contributed by atoms with Crippen molar-refractivity contribution in [3.63, 3.8) is 0 Å². The van der Waals surface area contributed by atoms with Gasteiger partial charge in [0.05, 0.1) is 22.8 Å². The van der Waals surface area contributed by atoms with Crippen LogP contribution in [-0.2, 0) is 9.59 Å². The second kappa shape index (κ2) is 13.9. The molecule has 4 atom stereocenters. The van der Waals surface area contributed by atoms with Crippen LogP contribution in [0.15, 0.2) is 72.8 Å². The fraction of sp³-hybridized carbons (Fsp3) is 0.395. The first kappa shape index (κ1) is 34.5. The van der Waals surface area contributed by atoms with Crippen LogP contribution in [-0.4, -0.2) is 110 Å². The summed E-state index contributed by atoms with van der Waals surface area (Å²) in [5, 5.41) is 11.2. The van der Waals surface area contributed by atoms with Gasteiger partial charge in [-0.1, -0.05) is 24.3 Å². The Balaban J connectivity index is 0.725. The molecular weight excluding hydrogens is 709 g/mol. The molecular formula is C43H46N8O3S. The maximum absolute atomic E-state index is 12.8. The number of thiophene rings is 1. The third-order valence-corrected chi connectivity index (χ3v) is 13.7. The first-order chi connectivity index (χ1) is 26.8. The van der Waals surface area contributed by atoms with E-state index in [0.29, 0.717) is 31.5 Å². The second-order valence-electron chi connectivity index (χ2n) is 15.9. The molecule has 6 aliphatic rings. The molecule has 5 fully saturated rings. The number of aromatic nitrogens is 1. The second-order valence-corrected chi connectivity index (χ2v) is 17.0. The first-order valence-electron chi connectivity index (χ1n) is 19.8. The first-order valence-corrected chi connectivity index (χ1v) is 20.6. The normalized spacial score (nSPS) is 24.6. The molecule has 0 saturated carbocycles. The fourth-order valence-corrected chi connectivity index (χ4v) is 10.5. The highest BCUT2D eigenvalue weighted by atomic mass is 32.1. The van der Waals surface area contributed by atoms with Gasteiger partial charge in [-0.3, -0.25) is 29.5 Å². The van der Waals surface area contributed by atoms with E-state index in [-0.39, 0.29) is 29.7 Å². The van der Waals surface area contributed by atoms with Gasteiger partial charge in [-0.25, -0.2) is 4.98 Å². The van der Waals surface area contributed by atoms with Crippen molar-refractivity contribution >= 4 is 67.1 Å². The predicted octanol–water partition coefficient (Wildman–Crippen LogP) is 5.27. The Bertz CT molecular complexity index is 2290. The van der Waals surface area contributed by atoms with Crippen molar-refractivity contribution in [1.82, 2.24) is 25.4 Å². The lowest BCUT2D eigenvalue weighted by Crippen LogP contribution is -2.69. The summed E-state index contributed by atoms with van der Waals surface area (Å²) in [7, 11) is 0. The Morgan fingerprint density at radius 3 is 2.33 bits per heavy atom. The fourth-order valence-electron chi connectivity index (χ4n) is 9.41. The third-order valence-electron chi connectivity index (χ3n) is 12.5. The number of imide groups is 1. The molecule has 5 aromatic rings. The highest BCUT2D eigenvalue weighted by Crippen LogP contribution is 2.42.